The molecule has 0 fully saturated rings. The zero-order chi connectivity index (χ0) is 74.6. The molecule has 6 heterocycles. The minimum atomic E-state index is 0.838. The molecule has 6 aromatic heterocycles. The fraction of sp³-hybridized carbons (Fsp3) is 0. The molecule has 0 bridgehead atoms. The molecule has 6 heteroatoms. The van der Waals surface area contributed by atoms with Gasteiger partial charge in [0.15, 0.2) is 5.58 Å². The van der Waals surface area contributed by atoms with Crippen LogP contribution in [0.4, 0.5) is 0 Å². The average molecular weight is 1450 g/mol. The highest BCUT2D eigenvalue weighted by Gasteiger charge is 2.24. The Morgan fingerprint density at radius 2 is 0.421 bits per heavy atom. The van der Waals surface area contributed by atoms with Crippen molar-refractivity contribution < 1.29 is 8.83 Å². The van der Waals surface area contributed by atoms with Crippen molar-refractivity contribution in [3.8, 4) is 101 Å². The van der Waals surface area contributed by atoms with Gasteiger partial charge in [0.1, 0.15) is 16.7 Å². The summed E-state index contributed by atoms with van der Waals surface area (Å²) in [6, 6.07) is 146. The van der Waals surface area contributed by atoms with Gasteiger partial charge in [-0.1, -0.05) is 279 Å². The molecule has 0 atom stereocenters. The second-order valence-corrected chi connectivity index (χ2v) is 30.3. The minimum absolute atomic E-state index is 0.838. The van der Waals surface area contributed by atoms with E-state index < -0.39 is 0 Å². The molecule has 6 nitrogen and oxygen atoms in total. The topological polar surface area (TPSA) is 46.0 Å². The summed E-state index contributed by atoms with van der Waals surface area (Å²) in [5.74, 6) is 0. The number of para-hydroxylation sites is 4. The van der Waals surface area contributed by atoms with Crippen LogP contribution in [0.2, 0.25) is 0 Å². The van der Waals surface area contributed by atoms with E-state index in [9.17, 15) is 0 Å². The van der Waals surface area contributed by atoms with E-state index in [1.165, 1.54) is 104 Å². The number of aromatic nitrogens is 4. The van der Waals surface area contributed by atoms with E-state index in [2.05, 4.69) is 413 Å². The summed E-state index contributed by atoms with van der Waals surface area (Å²) in [5.41, 5.74) is 33.3. The number of fused-ring (bicyclic) bond motifs is 19. The van der Waals surface area contributed by atoms with Gasteiger partial charge in [0.05, 0.1) is 44.1 Å². The zero-order valence-electron chi connectivity index (χ0n) is 61.7. The molecule has 24 aromatic rings. The number of hydrogen-bond acceptors (Lipinski definition) is 2. The van der Waals surface area contributed by atoms with Crippen LogP contribution in [-0.2, 0) is 0 Å². The van der Waals surface area contributed by atoms with Crippen molar-refractivity contribution in [2.24, 2.45) is 0 Å². The second-order valence-electron chi connectivity index (χ2n) is 30.3. The van der Waals surface area contributed by atoms with Crippen molar-refractivity contribution in [2.45, 2.75) is 0 Å². The van der Waals surface area contributed by atoms with E-state index in [0.29, 0.717) is 0 Å². The van der Waals surface area contributed by atoms with Crippen molar-refractivity contribution in [2.75, 3.05) is 0 Å². The van der Waals surface area contributed by atoms with Crippen molar-refractivity contribution in [1.29, 1.82) is 0 Å². The molecule has 0 aliphatic rings. The lowest BCUT2D eigenvalue weighted by Gasteiger charge is -2.12. The quantitative estimate of drug-likeness (QED) is 0.130. The van der Waals surface area contributed by atoms with Gasteiger partial charge in [-0.2, -0.15) is 0 Å². The van der Waals surface area contributed by atoms with E-state index in [0.717, 1.165) is 127 Å². The molecule has 0 saturated carbocycles. The Balaban J connectivity index is 0.536. The molecule has 18 aromatic carbocycles. The molecule has 530 valence electrons. The maximum atomic E-state index is 7.23. The van der Waals surface area contributed by atoms with Gasteiger partial charge in [0.2, 0.25) is 0 Å². The van der Waals surface area contributed by atoms with Gasteiger partial charge in [0.25, 0.3) is 0 Å². The maximum absolute atomic E-state index is 7.23. The number of hydrogen-bond donors (Lipinski definition) is 0. The largest absolute Gasteiger partial charge is 0.456 e. The lowest BCUT2D eigenvalue weighted by molar-refractivity contribution is 0.669. The van der Waals surface area contributed by atoms with E-state index >= 15 is 0 Å². The second kappa shape index (κ2) is 25.2. The van der Waals surface area contributed by atoms with Crippen LogP contribution in [-0.4, -0.2) is 18.3 Å². The van der Waals surface area contributed by atoms with Gasteiger partial charge < -0.3 is 27.1 Å². The number of rotatable bonds is 11. The average Bonchev–Trinajstić information content (AvgIpc) is 1.57. The lowest BCUT2D eigenvalue weighted by atomic mass is 10.00. The molecule has 0 amide bonds. The third-order valence-electron chi connectivity index (χ3n) is 24.0. The van der Waals surface area contributed by atoms with Crippen LogP contribution in [0.15, 0.2) is 409 Å². The molecule has 0 unspecified atom stereocenters. The summed E-state index contributed by atoms with van der Waals surface area (Å²) < 4.78 is 23.4. The molecule has 0 aliphatic heterocycles. The van der Waals surface area contributed by atoms with Crippen molar-refractivity contribution in [1.82, 2.24) is 18.3 Å². The predicted octanol–water partition coefficient (Wildman–Crippen LogP) is 29.5. The molecule has 114 heavy (non-hydrogen) atoms. The van der Waals surface area contributed by atoms with Crippen LogP contribution in [0.5, 0.6) is 0 Å². The van der Waals surface area contributed by atoms with Crippen LogP contribution < -0.4 is 0 Å². The Hall–Kier alpha value is -15.2. The van der Waals surface area contributed by atoms with Crippen LogP contribution >= 0.6 is 0 Å². The zero-order valence-corrected chi connectivity index (χ0v) is 61.7. The Bertz CT molecular complexity index is 8010. The first-order valence-corrected chi connectivity index (χ1v) is 39.1. The molecule has 24 rings (SSSR count). The summed E-state index contributed by atoms with van der Waals surface area (Å²) in [6.07, 6.45) is 0. The highest BCUT2D eigenvalue weighted by atomic mass is 16.3. The van der Waals surface area contributed by atoms with Crippen LogP contribution in [0, 0.1) is 0 Å². The van der Waals surface area contributed by atoms with Crippen molar-refractivity contribution in [3.05, 3.63) is 400 Å². The fourth-order valence-corrected chi connectivity index (χ4v) is 18.5. The highest BCUT2D eigenvalue weighted by molar-refractivity contribution is 6.23. The first kappa shape index (κ1) is 63.7. The molecule has 0 radical (unpaired) electrons. The molecular weight excluding hydrogens is 1390 g/mol. The summed E-state index contributed by atoms with van der Waals surface area (Å²) in [6.45, 7) is 0. The van der Waals surface area contributed by atoms with Gasteiger partial charge >= 0.3 is 0 Å². The van der Waals surface area contributed by atoms with E-state index in [1.807, 2.05) is 6.07 Å². The maximum Gasteiger partial charge on any atom is 0.160 e. The Kier molecular flexibility index (Phi) is 14.0. The van der Waals surface area contributed by atoms with Crippen LogP contribution in [0.1, 0.15) is 0 Å². The van der Waals surface area contributed by atoms with Crippen molar-refractivity contribution in [3.63, 3.8) is 0 Å². The smallest absolute Gasteiger partial charge is 0.160 e. The molecule has 0 spiro atoms. The van der Waals surface area contributed by atoms with E-state index in [4.69, 9.17) is 8.83 Å². The monoisotopic (exact) mass is 1450 g/mol. The SMILES string of the molecule is c1ccc(-c2ccc3c4ccccc4n(-c4ccc(-c5ccc(-c6ccc(-n7c8cc(-c9ccc%10c(c9)oc9c%10ccc%10c%11ccccc%11n(-c%11ccc(-c%12ccc(-c%13ccc(-n%14c%15ccccc%15c%15ccc(-c%16ccccc%16)cc%15%14)cc%13)cc%12)cc%11)c%109)ccc8c8cc9c(cc87)oc7ccccc79)cc6)cc5)cc4)c3c2)cc1. The lowest BCUT2D eigenvalue weighted by Crippen LogP contribution is -1.94. The van der Waals surface area contributed by atoms with Gasteiger partial charge in [0, 0.05) is 93.5 Å². The standard InChI is InChI=1S/C108H66N4O2/c1-3-15-67(16-4-1)77-43-55-88-85-19-7-11-23-97(85)109(100(88)61-77)81-47-35-73(36-48-81)69-27-29-71(30-28-69)75-39-51-83(52-40-75)111-102-63-79(45-57-90(102)95-65-96-91-22-10-14-26-104(91)113-106(96)66-103(95)111)80-46-58-92-94-60-59-93-87-21-9-13-25-99(87)112(107(93)108(94)114-105(92)64-80)84-53-41-76(42-54-84)72-33-31-70(32-34-72)74-37-49-82(50-38-74)110-98-24-12-8-20-86(98)89-56-44-78(62-101(89)110)68-17-5-2-6-18-68/h1-66H. The first-order chi connectivity index (χ1) is 56.5. The third-order valence-corrected chi connectivity index (χ3v) is 24.0. The third kappa shape index (κ3) is 10.0. The molecular formula is C108H66N4O2. The number of benzene rings is 18. The molecule has 0 N–H and O–H groups in total. The van der Waals surface area contributed by atoms with E-state index in [-0.39, 0.29) is 0 Å². The van der Waals surface area contributed by atoms with Crippen LogP contribution in [0.25, 0.3) is 232 Å². The normalized spacial score (nSPS) is 12.0. The van der Waals surface area contributed by atoms with Gasteiger partial charge in [-0.05, 0) is 193 Å². The Labute approximate surface area is 655 Å². The van der Waals surface area contributed by atoms with Gasteiger partial charge in [-0.25, -0.2) is 0 Å². The number of nitrogens with zero attached hydrogens (tertiary/aromatic N) is 4. The van der Waals surface area contributed by atoms with Gasteiger partial charge in [-0.15, -0.1) is 0 Å². The van der Waals surface area contributed by atoms with E-state index in [1.54, 1.807) is 0 Å². The predicted molar refractivity (Wildman–Crippen MR) is 476 cm³/mol. The molecule has 0 saturated heterocycles. The molecule has 0 aliphatic carbocycles. The van der Waals surface area contributed by atoms with Gasteiger partial charge in [-0.3, -0.25) is 0 Å². The summed E-state index contributed by atoms with van der Waals surface area (Å²) >= 11 is 0. The van der Waals surface area contributed by atoms with Crippen LogP contribution in [0.3, 0.4) is 0 Å². The Morgan fingerprint density at radius 1 is 0.140 bits per heavy atom. The first-order valence-electron chi connectivity index (χ1n) is 39.1. The summed E-state index contributed by atoms with van der Waals surface area (Å²) in [5, 5.41) is 14.0. The number of furan rings is 2. The Morgan fingerprint density at radius 3 is 0.886 bits per heavy atom. The summed E-state index contributed by atoms with van der Waals surface area (Å²) in [7, 11) is 0. The highest BCUT2D eigenvalue weighted by Crippen LogP contribution is 2.46. The fourth-order valence-electron chi connectivity index (χ4n) is 18.5. The summed E-state index contributed by atoms with van der Waals surface area (Å²) in [4.78, 5) is 0. The minimum Gasteiger partial charge on any atom is -0.456 e. The van der Waals surface area contributed by atoms with Crippen molar-refractivity contribution >= 4 is 131 Å².